The van der Waals surface area contributed by atoms with Crippen LogP contribution in [0.1, 0.15) is 29.7 Å². The van der Waals surface area contributed by atoms with Gasteiger partial charge in [-0.15, -0.1) is 0 Å². The molecule has 2 heterocycles. The van der Waals surface area contributed by atoms with Gasteiger partial charge in [0.2, 0.25) is 0 Å². The monoisotopic (exact) mass is 389 g/mol. The maximum absolute atomic E-state index is 13.8. The lowest BCUT2D eigenvalue weighted by atomic mass is 9.92. The van der Waals surface area contributed by atoms with Crippen LogP contribution in [-0.2, 0) is 10.0 Å². The number of rotatable bonds is 2. The number of benzene rings is 3. The average Bonchev–Trinajstić information content (AvgIpc) is 3.08. The number of furan rings is 1. The Morgan fingerprint density at radius 3 is 2.36 bits per heavy atom. The van der Waals surface area contributed by atoms with Gasteiger partial charge < -0.3 is 4.42 Å². The van der Waals surface area contributed by atoms with Crippen molar-refractivity contribution >= 4 is 32.4 Å². The van der Waals surface area contributed by atoms with Crippen molar-refractivity contribution in [3.63, 3.8) is 0 Å². The van der Waals surface area contributed by atoms with Crippen molar-refractivity contribution in [2.24, 2.45) is 0 Å². The summed E-state index contributed by atoms with van der Waals surface area (Å²) in [6, 6.07) is 22.2. The van der Waals surface area contributed by atoms with Crippen molar-refractivity contribution in [2.75, 3.05) is 4.31 Å². The van der Waals surface area contributed by atoms with E-state index >= 15 is 0 Å². The molecule has 1 aliphatic heterocycles. The molecule has 4 nitrogen and oxygen atoms in total. The van der Waals surface area contributed by atoms with Gasteiger partial charge in [-0.25, -0.2) is 12.7 Å². The lowest BCUT2D eigenvalue weighted by Crippen LogP contribution is -2.30. The minimum atomic E-state index is -3.82. The number of nitrogens with zero attached hydrogens (tertiary/aromatic N) is 1. The molecule has 4 aromatic rings. The molecule has 0 saturated carbocycles. The van der Waals surface area contributed by atoms with Crippen LogP contribution in [0.15, 0.2) is 82.1 Å². The van der Waals surface area contributed by atoms with Crippen LogP contribution in [0.3, 0.4) is 0 Å². The maximum atomic E-state index is 13.8. The zero-order valence-corrected chi connectivity index (χ0v) is 16.4. The van der Waals surface area contributed by atoms with E-state index < -0.39 is 10.0 Å². The molecule has 0 aliphatic carbocycles. The zero-order valence-electron chi connectivity index (χ0n) is 15.6. The first-order chi connectivity index (χ1) is 13.5. The summed E-state index contributed by atoms with van der Waals surface area (Å²) < 4.78 is 35.1. The molecule has 0 saturated heterocycles. The molecular formula is C23H19NO3S. The number of sulfonamides is 1. The van der Waals surface area contributed by atoms with E-state index in [4.69, 9.17) is 4.42 Å². The van der Waals surface area contributed by atoms with Crippen molar-refractivity contribution in [2.45, 2.75) is 24.7 Å². The minimum Gasteiger partial charge on any atom is -0.458 e. The quantitative estimate of drug-likeness (QED) is 0.440. The summed E-state index contributed by atoms with van der Waals surface area (Å²) in [5.41, 5.74) is 3.93. The number of para-hydroxylation sites is 2. The van der Waals surface area contributed by atoms with E-state index in [0.29, 0.717) is 22.7 Å². The number of anilines is 2. The van der Waals surface area contributed by atoms with Crippen LogP contribution >= 0.6 is 0 Å². The highest BCUT2D eigenvalue weighted by Gasteiger charge is 2.39. The molecule has 5 heteroatoms. The summed E-state index contributed by atoms with van der Waals surface area (Å²) in [6.07, 6.45) is 0. The summed E-state index contributed by atoms with van der Waals surface area (Å²) in [4.78, 5) is 0.263. The van der Waals surface area contributed by atoms with Crippen LogP contribution < -0.4 is 4.31 Å². The molecule has 1 aromatic heterocycles. The van der Waals surface area contributed by atoms with E-state index in [9.17, 15) is 8.42 Å². The molecule has 1 atom stereocenters. The largest absolute Gasteiger partial charge is 0.458 e. The molecule has 0 spiro atoms. The second-order valence-corrected chi connectivity index (χ2v) is 8.96. The Kier molecular flexibility index (Phi) is 3.64. The van der Waals surface area contributed by atoms with Gasteiger partial charge >= 0.3 is 0 Å². The molecule has 28 heavy (non-hydrogen) atoms. The van der Waals surface area contributed by atoms with Crippen LogP contribution in [0, 0.1) is 6.92 Å². The van der Waals surface area contributed by atoms with Gasteiger partial charge in [-0.1, -0.05) is 55.0 Å². The number of fused-ring (bicyclic) bond motifs is 4. The van der Waals surface area contributed by atoms with Crippen molar-refractivity contribution in [1.82, 2.24) is 0 Å². The van der Waals surface area contributed by atoms with Gasteiger partial charge in [0, 0.05) is 11.3 Å². The van der Waals surface area contributed by atoms with E-state index in [-0.39, 0.29) is 10.8 Å². The highest BCUT2D eigenvalue weighted by Crippen LogP contribution is 2.51. The van der Waals surface area contributed by atoms with E-state index in [2.05, 4.69) is 6.92 Å². The normalized spacial score (nSPS) is 16.1. The predicted molar refractivity (Wildman–Crippen MR) is 111 cm³/mol. The predicted octanol–water partition coefficient (Wildman–Crippen LogP) is 5.73. The number of aryl methyl sites for hydroxylation is 1. The Morgan fingerprint density at radius 1 is 0.893 bits per heavy atom. The van der Waals surface area contributed by atoms with Crippen LogP contribution in [-0.4, -0.2) is 8.42 Å². The fourth-order valence-corrected chi connectivity index (χ4v) is 5.46. The fourth-order valence-electron chi connectivity index (χ4n) is 3.92. The molecule has 1 aliphatic rings. The van der Waals surface area contributed by atoms with Gasteiger partial charge in [0.15, 0.2) is 0 Å². The smallest absolute Gasteiger partial charge is 0.268 e. The standard InChI is InChI=1S/C23H19NO3S/c1-15-11-13-17(14-12-15)28(25,26)24-20-9-5-3-7-18(20)16(2)23-22(24)19-8-4-6-10-21(19)27-23/h3-14,16H,1-2H3/t16-/m0/s1. The van der Waals surface area contributed by atoms with Gasteiger partial charge in [0.05, 0.1) is 10.6 Å². The summed E-state index contributed by atoms with van der Waals surface area (Å²) in [5, 5.41) is 0.800. The van der Waals surface area contributed by atoms with Crippen LogP contribution in [0.5, 0.6) is 0 Å². The van der Waals surface area contributed by atoms with Crippen LogP contribution in [0.25, 0.3) is 11.0 Å². The third-order valence-corrected chi connectivity index (χ3v) is 7.10. The first kappa shape index (κ1) is 17.1. The molecule has 0 unspecified atom stereocenters. The first-order valence-electron chi connectivity index (χ1n) is 9.21. The average molecular weight is 389 g/mol. The Balaban J connectivity index is 1.85. The molecule has 0 fully saturated rings. The van der Waals surface area contributed by atoms with Gasteiger partial charge in [-0.3, -0.25) is 0 Å². The second-order valence-electron chi connectivity index (χ2n) is 7.17. The van der Waals surface area contributed by atoms with Crippen LogP contribution in [0.4, 0.5) is 11.4 Å². The Morgan fingerprint density at radius 2 is 1.57 bits per heavy atom. The van der Waals surface area contributed by atoms with Crippen molar-refractivity contribution in [1.29, 1.82) is 0 Å². The van der Waals surface area contributed by atoms with Crippen LogP contribution in [0.2, 0.25) is 0 Å². The summed E-state index contributed by atoms with van der Waals surface area (Å²) in [5.74, 6) is 0.638. The fraction of sp³-hybridized carbons (Fsp3) is 0.130. The molecule has 140 valence electrons. The molecule has 5 rings (SSSR count). The van der Waals surface area contributed by atoms with Crippen molar-refractivity contribution in [3.05, 3.63) is 89.7 Å². The first-order valence-corrected chi connectivity index (χ1v) is 10.6. The summed E-state index contributed by atoms with van der Waals surface area (Å²) in [6.45, 7) is 3.99. The third-order valence-electron chi connectivity index (χ3n) is 5.37. The van der Waals surface area contributed by atoms with Gasteiger partial charge in [0.25, 0.3) is 10.0 Å². The summed E-state index contributed by atoms with van der Waals surface area (Å²) in [7, 11) is -3.82. The molecular weight excluding hydrogens is 370 g/mol. The van der Waals surface area contributed by atoms with E-state index in [0.717, 1.165) is 16.5 Å². The molecule has 0 radical (unpaired) electrons. The Labute approximate surface area is 164 Å². The van der Waals surface area contributed by atoms with Crippen molar-refractivity contribution in [3.8, 4) is 0 Å². The SMILES string of the molecule is Cc1ccc(S(=O)(=O)N2c3ccccc3[C@H](C)c3oc4ccccc4c32)cc1. The Hall–Kier alpha value is -3.05. The van der Waals surface area contributed by atoms with Crippen molar-refractivity contribution < 1.29 is 12.8 Å². The lowest BCUT2D eigenvalue weighted by molar-refractivity contribution is 0.529. The topological polar surface area (TPSA) is 50.5 Å². The third kappa shape index (κ3) is 2.33. The number of hydrogen-bond acceptors (Lipinski definition) is 3. The zero-order chi connectivity index (χ0) is 19.5. The highest BCUT2D eigenvalue weighted by molar-refractivity contribution is 7.93. The van der Waals surface area contributed by atoms with Gasteiger partial charge in [-0.2, -0.15) is 0 Å². The van der Waals surface area contributed by atoms with E-state index in [1.807, 2.05) is 67.6 Å². The highest BCUT2D eigenvalue weighted by atomic mass is 32.2. The molecule has 0 N–H and O–H groups in total. The molecule has 0 amide bonds. The van der Waals surface area contributed by atoms with Gasteiger partial charge in [0.1, 0.15) is 17.0 Å². The minimum absolute atomic E-state index is 0.0388. The summed E-state index contributed by atoms with van der Waals surface area (Å²) >= 11 is 0. The second kappa shape index (κ2) is 5.97. The number of hydrogen-bond donors (Lipinski definition) is 0. The van der Waals surface area contributed by atoms with E-state index in [1.165, 1.54) is 4.31 Å². The van der Waals surface area contributed by atoms with E-state index in [1.54, 1.807) is 12.1 Å². The van der Waals surface area contributed by atoms with Gasteiger partial charge in [-0.05, 0) is 42.8 Å². The molecule has 0 bridgehead atoms. The molecule has 3 aromatic carbocycles. The maximum Gasteiger partial charge on any atom is 0.268 e. The Bertz CT molecular complexity index is 1300. The lowest BCUT2D eigenvalue weighted by Gasteiger charge is -2.32.